The fraction of sp³-hybridized carbons (Fsp3) is 0.600. The third-order valence-corrected chi connectivity index (χ3v) is 3.64. The summed E-state index contributed by atoms with van der Waals surface area (Å²) < 4.78 is 11.0. The normalized spacial score (nSPS) is 21.6. The molecule has 0 aromatic heterocycles. The van der Waals surface area contributed by atoms with E-state index in [1.165, 1.54) is 24.8 Å². The Morgan fingerprint density at radius 3 is 2.67 bits per heavy atom. The van der Waals surface area contributed by atoms with Crippen molar-refractivity contribution in [3.8, 4) is 5.75 Å². The minimum atomic E-state index is 0.360. The maximum absolute atomic E-state index is 5.81. The molecule has 1 aromatic rings. The fourth-order valence-electron chi connectivity index (χ4n) is 2.51. The molecule has 100 valence electrons. The summed E-state index contributed by atoms with van der Waals surface area (Å²) in [5.41, 5.74) is 1.30. The third kappa shape index (κ3) is 3.47. The molecular formula is C15H23NO2. The molecule has 0 amide bonds. The number of ether oxygens (including phenoxy) is 2. The predicted molar refractivity (Wildman–Crippen MR) is 73.0 cm³/mol. The molecule has 3 nitrogen and oxygen atoms in total. The van der Waals surface area contributed by atoms with E-state index in [2.05, 4.69) is 17.4 Å². The number of nitrogens with one attached hydrogen (secondary N) is 1. The summed E-state index contributed by atoms with van der Waals surface area (Å²) >= 11 is 0. The first kappa shape index (κ1) is 13.4. The Labute approximate surface area is 109 Å². The quantitative estimate of drug-likeness (QED) is 0.870. The van der Waals surface area contributed by atoms with Crippen molar-refractivity contribution in [2.24, 2.45) is 0 Å². The van der Waals surface area contributed by atoms with Crippen molar-refractivity contribution in [2.75, 3.05) is 20.8 Å². The molecule has 1 heterocycles. The second kappa shape index (κ2) is 6.76. The lowest BCUT2D eigenvalue weighted by atomic mass is 9.97. The summed E-state index contributed by atoms with van der Waals surface area (Å²) in [7, 11) is 3.71. The molecule has 1 fully saturated rings. The lowest BCUT2D eigenvalue weighted by Gasteiger charge is -2.27. The van der Waals surface area contributed by atoms with Crippen LogP contribution in [0, 0.1) is 0 Å². The molecule has 0 spiro atoms. The van der Waals surface area contributed by atoms with Crippen LogP contribution in [0.4, 0.5) is 0 Å². The lowest BCUT2D eigenvalue weighted by Crippen LogP contribution is -2.26. The fourth-order valence-corrected chi connectivity index (χ4v) is 2.51. The molecule has 0 saturated carbocycles. The van der Waals surface area contributed by atoms with E-state index >= 15 is 0 Å². The zero-order valence-corrected chi connectivity index (χ0v) is 11.3. The molecule has 0 bridgehead atoms. The Balaban J connectivity index is 1.97. The standard InChI is InChI=1S/C15H23NO2/c1-16-15(11-14-5-3-4-10-18-14)12-6-8-13(17-2)9-7-12/h6-9,14-16H,3-5,10-11H2,1-2H3. The van der Waals surface area contributed by atoms with E-state index in [0.717, 1.165) is 18.8 Å². The summed E-state index contributed by atoms with van der Waals surface area (Å²) in [6.07, 6.45) is 5.14. The van der Waals surface area contributed by atoms with E-state index in [9.17, 15) is 0 Å². The number of rotatable bonds is 5. The topological polar surface area (TPSA) is 30.5 Å². The van der Waals surface area contributed by atoms with Crippen molar-refractivity contribution in [3.05, 3.63) is 29.8 Å². The van der Waals surface area contributed by atoms with E-state index in [1.807, 2.05) is 19.2 Å². The molecule has 0 radical (unpaired) electrons. The van der Waals surface area contributed by atoms with Gasteiger partial charge in [0.05, 0.1) is 13.2 Å². The maximum Gasteiger partial charge on any atom is 0.118 e. The average Bonchev–Trinajstić information content (AvgIpc) is 2.46. The zero-order chi connectivity index (χ0) is 12.8. The van der Waals surface area contributed by atoms with Gasteiger partial charge in [-0.2, -0.15) is 0 Å². The van der Waals surface area contributed by atoms with Gasteiger partial charge in [-0.05, 0) is 50.4 Å². The van der Waals surface area contributed by atoms with Gasteiger partial charge < -0.3 is 14.8 Å². The van der Waals surface area contributed by atoms with Gasteiger partial charge in [-0.15, -0.1) is 0 Å². The van der Waals surface area contributed by atoms with Crippen molar-refractivity contribution in [1.29, 1.82) is 0 Å². The minimum absolute atomic E-state index is 0.360. The summed E-state index contributed by atoms with van der Waals surface area (Å²) in [4.78, 5) is 0. The molecule has 2 unspecified atom stereocenters. The van der Waals surface area contributed by atoms with Crippen LogP contribution in [0.3, 0.4) is 0 Å². The number of hydrogen-bond acceptors (Lipinski definition) is 3. The average molecular weight is 249 g/mol. The summed E-state index contributed by atoms with van der Waals surface area (Å²) in [6.45, 7) is 0.920. The van der Waals surface area contributed by atoms with Crippen LogP contribution in [-0.2, 0) is 4.74 Å². The molecular weight excluding hydrogens is 226 g/mol. The van der Waals surface area contributed by atoms with Gasteiger partial charge in [0.1, 0.15) is 5.75 Å². The number of hydrogen-bond donors (Lipinski definition) is 1. The van der Waals surface area contributed by atoms with Crippen molar-refractivity contribution in [3.63, 3.8) is 0 Å². The highest BCUT2D eigenvalue weighted by Crippen LogP contribution is 2.25. The van der Waals surface area contributed by atoms with Crippen LogP contribution in [0.25, 0.3) is 0 Å². The van der Waals surface area contributed by atoms with E-state index in [0.29, 0.717) is 12.1 Å². The monoisotopic (exact) mass is 249 g/mol. The Bertz CT molecular complexity index is 344. The highest BCUT2D eigenvalue weighted by Gasteiger charge is 2.19. The van der Waals surface area contributed by atoms with Gasteiger partial charge in [-0.1, -0.05) is 12.1 Å². The van der Waals surface area contributed by atoms with Gasteiger partial charge in [0, 0.05) is 12.6 Å². The van der Waals surface area contributed by atoms with Gasteiger partial charge in [-0.25, -0.2) is 0 Å². The minimum Gasteiger partial charge on any atom is -0.497 e. The molecule has 1 aliphatic heterocycles. The molecule has 18 heavy (non-hydrogen) atoms. The molecule has 1 aliphatic rings. The van der Waals surface area contributed by atoms with Gasteiger partial charge in [0.15, 0.2) is 0 Å². The van der Waals surface area contributed by atoms with Crippen molar-refractivity contribution >= 4 is 0 Å². The van der Waals surface area contributed by atoms with Gasteiger partial charge in [0.25, 0.3) is 0 Å². The predicted octanol–water partition coefficient (Wildman–Crippen LogP) is 2.91. The summed E-state index contributed by atoms with van der Waals surface area (Å²) in [5, 5.41) is 3.38. The van der Waals surface area contributed by atoms with E-state index in [4.69, 9.17) is 9.47 Å². The second-order valence-electron chi connectivity index (χ2n) is 4.84. The Kier molecular flexibility index (Phi) is 5.02. The highest BCUT2D eigenvalue weighted by atomic mass is 16.5. The first-order chi connectivity index (χ1) is 8.83. The Morgan fingerprint density at radius 1 is 1.33 bits per heavy atom. The molecule has 1 N–H and O–H groups in total. The zero-order valence-electron chi connectivity index (χ0n) is 11.3. The van der Waals surface area contributed by atoms with Crippen molar-refractivity contribution in [1.82, 2.24) is 5.32 Å². The van der Waals surface area contributed by atoms with Crippen LogP contribution in [0.1, 0.15) is 37.3 Å². The van der Waals surface area contributed by atoms with Crippen molar-refractivity contribution in [2.45, 2.75) is 37.8 Å². The molecule has 1 aromatic carbocycles. The van der Waals surface area contributed by atoms with Gasteiger partial charge >= 0.3 is 0 Å². The first-order valence-corrected chi connectivity index (χ1v) is 6.76. The Hall–Kier alpha value is -1.06. The number of benzene rings is 1. The van der Waals surface area contributed by atoms with Crippen LogP contribution >= 0.6 is 0 Å². The highest BCUT2D eigenvalue weighted by molar-refractivity contribution is 5.29. The van der Waals surface area contributed by atoms with Crippen LogP contribution in [0.5, 0.6) is 5.75 Å². The van der Waals surface area contributed by atoms with E-state index in [-0.39, 0.29) is 0 Å². The SMILES string of the molecule is CNC(CC1CCCCO1)c1ccc(OC)cc1. The maximum atomic E-state index is 5.81. The molecule has 2 atom stereocenters. The van der Waals surface area contributed by atoms with Crippen LogP contribution in [-0.4, -0.2) is 26.9 Å². The molecule has 0 aliphatic carbocycles. The van der Waals surface area contributed by atoms with Crippen LogP contribution in [0.2, 0.25) is 0 Å². The lowest BCUT2D eigenvalue weighted by molar-refractivity contribution is 0.00548. The van der Waals surface area contributed by atoms with E-state index < -0.39 is 0 Å². The molecule has 2 rings (SSSR count). The third-order valence-electron chi connectivity index (χ3n) is 3.64. The number of methoxy groups -OCH3 is 1. The summed E-state index contributed by atoms with van der Waals surface area (Å²) in [6, 6.07) is 8.65. The Morgan fingerprint density at radius 2 is 2.11 bits per heavy atom. The van der Waals surface area contributed by atoms with Gasteiger partial charge in [0.2, 0.25) is 0 Å². The van der Waals surface area contributed by atoms with E-state index in [1.54, 1.807) is 7.11 Å². The smallest absolute Gasteiger partial charge is 0.118 e. The largest absolute Gasteiger partial charge is 0.497 e. The van der Waals surface area contributed by atoms with Crippen LogP contribution < -0.4 is 10.1 Å². The second-order valence-corrected chi connectivity index (χ2v) is 4.84. The van der Waals surface area contributed by atoms with Crippen molar-refractivity contribution < 1.29 is 9.47 Å². The molecule has 3 heteroatoms. The first-order valence-electron chi connectivity index (χ1n) is 6.76. The van der Waals surface area contributed by atoms with Gasteiger partial charge in [-0.3, -0.25) is 0 Å². The molecule has 1 saturated heterocycles. The summed E-state index contributed by atoms with van der Waals surface area (Å²) in [5.74, 6) is 0.905. The van der Waals surface area contributed by atoms with Crippen LogP contribution in [0.15, 0.2) is 24.3 Å².